The van der Waals surface area contributed by atoms with Gasteiger partial charge < -0.3 is 20.0 Å². The normalized spacial score (nSPS) is 18.1. The molecule has 2 aliphatic rings. The fourth-order valence-corrected chi connectivity index (χ4v) is 4.99. The molecule has 0 bridgehead atoms. The van der Waals surface area contributed by atoms with Crippen molar-refractivity contribution in [3.8, 4) is 0 Å². The number of piperazine rings is 1. The summed E-state index contributed by atoms with van der Waals surface area (Å²) in [7, 11) is 2.16. The molecule has 172 valence electrons. The van der Waals surface area contributed by atoms with Gasteiger partial charge in [-0.1, -0.05) is 17.7 Å². The van der Waals surface area contributed by atoms with Crippen LogP contribution in [0.25, 0.3) is 0 Å². The highest BCUT2D eigenvalue weighted by Gasteiger charge is 2.28. The third-order valence-electron chi connectivity index (χ3n) is 6.96. The van der Waals surface area contributed by atoms with Crippen LogP contribution in [0.4, 0.5) is 11.5 Å². The van der Waals surface area contributed by atoms with Crippen LogP contribution < -0.4 is 15.1 Å². The molecule has 2 aromatic rings. The number of amides is 1. The lowest BCUT2D eigenvalue weighted by atomic mass is 9.95. The van der Waals surface area contributed by atoms with Crippen LogP contribution in [0, 0.1) is 26.7 Å². The number of rotatable bonds is 5. The van der Waals surface area contributed by atoms with Crippen molar-refractivity contribution in [1.82, 2.24) is 20.2 Å². The van der Waals surface area contributed by atoms with Crippen molar-refractivity contribution in [3.05, 3.63) is 46.9 Å². The van der Waals surface area contributed by atoms with Gasteiger partial charge in [0, 0.05) is 51.7 Å². The van der Waals surface area contributed by atoms with Crippen LogP contribution in [-0.4, -0.2) is 67.1 Å². The fourth-order valence-electron chi connectivity index (χ4n) is 4.99. The fraction of sp³-hybridized carbons (Fsp3) is 0.560. The predicted molar refractivity (Wildman–Crippen MR) is 129 cm³/mol. The Morgan fingerprint density at radius 1 is 1.00 bits per heavy atom. The molecule has 7 nitrogen and oxygen atoms in total. The van der Waals surface area contributed by atoms with E-state index in [4.69, 9.17) is 0 Å². The molecule has 0 spiro atoms. The molecule has 2 saturated heterocycles. The largest absolute Gasteiger partial charge is 0.367 e. The molecule has 0 aliphatic carbocycles. The van der Waals surface area contributed by atoms with Crippen LogP contribution in [-0.2, 0) is 11.3 Å². The number of hydrogen-bond acceptors (Lipinski definition) is 6. The molecule has 0 saturated carbocycles. The van der Waals surface area contributed by atoms with Gasteiger partial charge in [-0.25, -0.2) is 9.97 Å². The van der Waals surface area contributed by atoms with Crippen molar-refractivity contribution in [2.75, 3.05) is 56.1 Å². The van der Waals surface area contributed by atoms with Crippen molar-refractivity contribution in [3.63, 3.8) is 0 Å². The Morgan fingerprint density at radius 3 is 2.31 bits per heavy atom. The van der Waals surface area contributed by atoms with E-state index >= 15 is 0 Å². The molecule has 7 heteroatoms. The van der Waals surface area contributed by atoms with E-state index in [-0.39, 0.29) is 11.8 Å². The first-order chi connectivity index (χ1) is 15.4. The van der Waals surface area contributed by atoms with Gasteiger partial charge in [0.1, 0.15) is 6.33 Å². The number of piperidine rings is 1. The zero-order valence-corrected chi connectivity index (χ0v) is 19.9. The van der Waals surface area contributed by atoms with Gasteiger partial charge in [0.2, 0.25) is 5.91 Å². The van der Waals surface area contributed by atoms with Crippen molar-refractivity contribution < 1.29 is 4.79 Å². The van der Waals surface area contributed by atoms with Crippen LogP contribution in [0.3, 0.4) is 0 Å². The molecule has 1 N–H and O–H groups in total. The number of benzene rings is 1. The topological polar surface area (TPSA) is 64.6 Å². The molecular weight excluding hydrogens is 400 g/mol. The number of aryl methyl sites for hydroxylation is 3. The zero-order valence-electron chi connectivity index (χ0n) is 19.9. The van der Waals surface area contributed by atoms with Crippen LogP contribution in [0.1, 0.15) is 35.1 Å². The maximum Gasteiger partial charge on any atom is 0.223 e. The second kappa shape index (κ2) is 9.86. The Morgan fingerprint density at radius 2 is 1.66 bits per heavy atom. The molecule has 4 rings (SSSR count). The molecule has 0 unspecified atom stereocenters. The summed E-state index contributed by atoms with van der Waals surface area (Å²) >= 11 is 0. The molecule has 1 aromatic heterocycles. The second-order valence-electron chi connectivity index (χ2n) is 9.38. The van der Waals surface area contributed by atoms with Crippen LogP contribution in [0.5, 0.6) is 0 Å². The maximum atomic E-state index is 12.9. The molecule has 0 radical (unpaired) electrons. The Kier molecular flexibility index (Phi) is 6.94. The van der Waals surface area contributed by atoms with Gasteiger partial charge in [-0.2, -0.15) is 0 Å². The summed E-state index contributed by atoms with van der Waals surface area (Å²) < 4.78 is 0. The minimum Gasteiger partial charge on any atom is -0.367 e. The van der Waals surface area contributed by atoms with Gasteiger partial charge >= 0.3 is 0 Å². The van der Waals surface area contributed by atoms with E-state index in [2.05, 4.69) is 69.9 Å². The lowest BCUT2D eigenvalue weighted by molar-refractivity contribution is -0.125. The first kappa shape index (κ1) is 22.5. The smallest absolute Gasteiger partial charge is 0.223 e. The standard InChI is InChI=1S/C25H36N6O/c1-18-13-19(2)22(20(3)14-18)15-27-25(32)21-5-7-30(8-6-21)23-16-26-17-28-24(23)31-11-9-29(4)10-12-31/h13-14,16-17,21H,5-12,15H2,1-4H3,(H,27,32). The summed E-state index contributed by atoms with van der Waals surface area (Å²) in [6.45, 7) is 12.7. The Balaban J connectivity index is 1.34. The maximum absolute atomic E-state index is 12.9. The van der Waals surface area contributed by atoms with Crippen LogP contribution in [0.15, 0.2) is 24.7 Å². The number of anilines is 2. The molecule has 32 heavy (non-hydrogen) atoms. The molecular formula is C25H36N6O. The summed E-state index contributed by atoms with van der Waals surface area (Å²) in [5.74, 6) is 1.27. The monoisotopic (exact) mass is 436 g/mol. The number of carbonyl (C=O) groups excluding carboxylic acids is 1. The van der Waals surface area contributed by atoms with Gasteiger partial charge in [0.15, 0.2) is 5.82 Å². The second-order valence-corrected chi connectivity index (χ2v) is 9.38. The molecule has 1 aromatic carbocycles. The lowest BCUT2D eigenvalue weighted by Gasteiger charge is -2.38. The van der Waals surface area contributed by atoms with Crippen molar-refractivity contribution in [2.24, 2.45) is 5.92 Å². The SMILES string of the molecule is Cc1cc(C)c(CNC(=O)C2CCN(c3cncnc3N3CCN(C)CC3)CC2)c(C)c1. The van der Waals surface area contributed by atoms with Crippen LogP contribution in [0.2, 0.25) is 0 Å². The highest BCUT2D eigenvalue weighted by Crippen LogP contribution is 2.30. The molecule has 2 fully saturated rings. The Bertz CT molecular complexity index is 922. The van der Waals surface area contributed by atoms with Gasteiger partial charge in [0.05, 0.1) is 11.9 Å². The highest BCUT2D eigenvalue weighted by molar-refractivity contribution is 5.79. The molecule has 3 heterocycles. The van der Waals surface area contributed by atoms with Crippen molar-refractivity contribution in [2.45, 2.75) is 40.2 Å². The van der Waals surface area contributed by atoms with Gasteiger partial charge in [-0.15, -0.1) is 0 Å². The molecule has 2 aliphatic heterocycles. The summed E-state index contributed by atoms with van der Waals surface area (Å²) in [5.41, 5.74) is 6.10. The summed E-state index contributed by atoms with van der Waals surface area (Å²) in [6.07, 6.45) is 5.29. The number of likely N-dealkylation sites (N-methyl/N-ethyl adjacent to an activating group) is 1. The van der Waals surface area contributed by atoms with E-state index < -0.39 is 0 Å². The summed E-state index contributed by atoms with van der Waals surface area (Å²) in [5, 5.41) is 3.20. The average molecular weight is 437 g/mol. The van der Waals surface area contributed by atoms with Crippen molar-refractivity contribution >= 4 is 17.4 Å². The van der Waals surface area contributed by atoms with Gasteiger partial charge in [0.25, 0.3) is 0 Å². The quantitative estimate of drug-likeness (QED) is 0.778. The lowest BCUT2D eigenvalue weighted by Crippen LogP contribution is -2.46. The number of hydrogen-bond donors (Lipinski definition) is 1. The number of nitrogens with zero attached hydrogens (tertiary/aromatic N) is 5. The Hall–Kier alpha value is -2.67. The number of aromatic nitrogens is 2. The van der Waals surface area contributed by atoms with Crippen molar-refractivity contribution in [1.29, 1.82) is 0 Å². The predicted octanol–water partition coefficient (Wildman–Crippen LogP) is 2.69. The van der Waals surface area contributed by atoms with E-state index in [9.17, 15) is 4.79 Å². The highest BCUT2D eigenvalue weighted by atomic mass is 16.1. The van der Waals surface area contributed by atoms with E-state index in [0.717, 1.165) is 63.6 Å². The molecule has 0 atom stereocenters. The van der Waals surface area contributed by atoms with E-state index in [0.29, 0.717) is 6.54 Å². The summed E-state index contributed by atoms with van der Waals surface area (Å²) in [4.78, 5) is 28.9. The average Bonchev–Trinajstić information content (AvgIpc) is 2.79. The minimum atomic E-state index is 0.0639. The van der Waals surface area contributed by atoms with E-state index in [1.807, 2.05) is 6.20 Å². The zero-order chi connectivity index (χ0) is 22.7. The first-order valence-electron chi connectivity index (χ1n) is 11.7. The Labute approximate surface area is 191 Å². The summed E-state index contributed by atoms with van der Waals surface area (Å²) in [6, 6.07) is 4.37. The third kappa shape index (κ3) is 5.04. The van der Waals surface area contributed by atoms with Crippen LogP contribution >= 0.6 is 0 Å². The van der Waals surface area contributed by atoms with E-state index in [1.54, 1.807) is 6.33 Å². The first-order valence-corrected chi connectivity index (χ1v) is 11.7. The number of carbonyl (C=O) groups is 1. The van der Waals surface area contributed by atoms with Gasteiger partial charge in [-0.05, 0) is 57.4 Å². The minimum absolute atomic E-state index is 0.0639. The van der Waals surface area contributed by atoms with E-state index in [1.165, 1.54) is 22.3 Å². The third-order valence-corrected chi connectivity index (χ3v) is 6.96. The van der Waals surface area contributed by atoms with Gasteiger partial charge in [-0.3, -0.25) is 4.79 Å². The molecule has 1 amide bonds. The number of nitrogens with one attached hydrogen (secondary N) is 1.